The number of thiophene rings is 1. The van der Waals surface area contributed by atoms with Gasteiger partial charge in [0, 0.05) is 29.1 Å². The molecule has 6 heteroatoms. The molecule has 24 heavy (non-hydrogen) atoms. The van der Waals surface area contributed by atoms with Crippen LogP contribution in [0.25, 0.3) is 10.2 Å². The number of halogens is 2. The van der Waals surface area contributed by atoms with Gasteiger partial charge >= 0.3 is 0 Å². The fourth-order valence-corrected chi connectivity index (χ4v) is 4.21. The first-order chi connectivity index (χ1) is 11.5. The zero-order valence-electron chi connectivity index (χ0n) is 13.6. The Hall–Kier alpha value is -1.69. The van der Waals surface area contributed by atoms with Crippen molar-refractivity contribution in [1.29, 1.82) is 0 Å². The maximum Gasteiger partial charge on any atom is 0.131 e. The second-order valence-corrected chi connectivity index (χ2v) is 7.44. The van der Waals surface area contributed by atoms with E-state index in [9.17, 15) is 4.39 Å². The van der Waals surface area contributed by atoms with Gasteiger partial charge in [0.05, 0.1) is 15.9 Å². The molecule has 0 radical (unpaired) electrons. The Kier molecular flexibility index (Phi) is 5.04. The third kappa shape index (κ3) is 3.53. The van der Waals surface area contributed by atoms with E-state index in [0.717, 1.165) is 27.9 Å². The Morgan fingerprint density at radius 3 is 2.83 bits per heavy atom. The van der Waals surface area contributed by atoms with Gasteiger partial charge in [-0.25, -0.2) is 9.37 Å². The summed E-state index contributed by atoms with van der Waals surface area (Å²) in [6.45, 7) is 4.42. The first-order valence-electron chi connectivity index (χ1n) is 7.77. The molecular weight excluding hydrogens is 345 g/mol. The van der Waals surface area contributed by atoms with Crippen molar-refractivity contribution in [3.05, 3.63) is 57.3 Å². The van der Waals surface area contributed by atoms with Gasteiger partial charge < -0.3 is 11.1 Å². The Morgan fingerprint density at radius 1 is 1.38 bits per heavy atom. The van der Waals surface area contributed by atoms with E-state index in [4.69, 9.17) is 17.3 Å². The van der Waals surface area contributed by atoms with Crippen LogP contribution in [0.2, 0.25) is 5.15 Å². The van der Waals surface area contributed by atoms with Crippen LogP contribution >= 0.6 is 22.9 Å². The average Bonchev–Trinajstić information content (AvgIpc) is 2.82. The normalized spacial score (nSPS) is 12.5. The van der Waals surface area contributed by atoms with E-state index < -0.39 is 0 Å². The van der Waals surface area contributed by atoms with Crippen molar-refractivity contribution >= 4 is 38.8 Å². The third-order valence-corrected chi connectivity index (χ3v) is 5.41. The van der Waals surface area contributed by atoms with E-state index in [1.807, 2.05) is 19.9 Å². The zero-order valence-corrected chi connectivity index (χ0v) is 15.1. The first-order valence-corrected chi connectivity index (χ1v) is 8.96. The lowest BCUT2D eigenvalue weighted by Crippen LogP contribution is -2.17. The van der Waals surface area contributed by atoms with Crippen LogP contribution in [-0.2, 0) is 13.0 Å². The molecule has 0 saturated heterocycles. The molecule has 0 fully saturated rings. The molecule has 0 amide bonds. The topological polar surface area (TPSA) is 50.9 Å². The van der Waals surface area contributed by atoms with Crippen LogP contribution in [0.3, 0.4) is 0 Å². The summed E-state index contributed by atoms with van der Waals surface area (Å²) >= 11 is 7.85. The number of pyridine rings is 1. The quantitative estimate of drug-likeness (QED) is 0.634. The summed E-state index contributed by atoms with van der Waals surface area (Å²) in [5.74, 6) is -0.221. The molecule has 1 atom stereocenters. The number of rotatable bonds is 5. The Balaban J connectivity index is 1.96. The van der Waals surface area contributed by atoms with E-state index in [2.05, 4.69) is 10.3 Å². The molecule has 3 aromatic rings. The zero-order chi connectivity index (χ0) is 17.3. The van der Waals surface area contributed by atoms with E-state index in [0.29, 0.717) is 17.3 Å². The standard InChI is InChI=1S/C18H19ClFN3S/c1-10(21)7-15-11(2)17-18(24-15)14(8-16(19)23-17)22-9-12-5-3-4-6-13(12)20/h3-6,8,10H,7,9,21H2,1-2H3,(H,22,23)/t10-/m0/s1. The van der Waals surface area contributed by atoms with Gasteiger partial charge in [0.15, 0.2) is 0 Å². The van der Waals surface area contributed by atoms with E-state index >= 15 is 0 Å². The first kappa shape index (κ1) is 17.1. The monoisotopic (exact) mass is 363 g/mol. The number of nitrogens with zero attached hydrogens (tertiary/aromatic N) is 1. The minimum atomic E-state index is -0.221. The second-order valence-electron chi connectivity index (χ2n) is 5.95. The summed E-state index contributed by atoms with van der Waals surface area (Å²) < 4.78 is 14.8. The SMILES string of the molecule is Cc1c(C[C@H](C)N)sc2c(NCc3ccccc3F)cc(Cl)nc12. The van der Waals surface area contributed by atoms with Gasteiger partial charge in [-0.05, 0) is 31.9 Å². The molecule has 0 aliphatic heterocycles. The molecule has 3 N–H and O–H groups in total. The molecule has 0 bridgehead atoms. The molecule has 3 nitrogen and oxygen atoms in total. The number of fused-ring (bicyclic) bond motifs is 1. The van der Waals surface area contributed by atoms with Crippen LogP contribution in [-0.4, -0.2) is 11.0 Å². The van der Waals surface area contributed by atoms with Crippen LogP contribution in [0.15, 0.2) is 30.3 Å². The summed E-state index contributed by atoms with van der Waals surface area (Å²) in [6.07, 6.45) is 0.803. The summed E-state index contributed by atoms with van der Waals surface area (Å²) in [6, 6.07) is 8.61. The number of nitrogens with two attached hydrogens (primary N) is 1. The lowest BCUT2D eigenvalue weighted by molar-refractivity contribution is 0.613. The molecule has 0 saturated carbocycles. The average molecular weight is 364 g/mol. The molecule has 2 heterocycles. The van der Waals surface area contributed by atoms with Gasteiger partial charge in [-0.1, -0.05) is 29.8 Å². The van der Waals surface area contributed by atoms with Gasteiger partial charge in [-0.2, -0.15) is 0 Å². The van der Waals surface area contributed by atoms with Gasteiger partial charge in [0.2, 0.25) is 0 Å². The van der Waals surface area contributed by atoms with Crippen LogP contribution in [0.4, 0.5) is 10.1 Å². The predicted molar refractivity (Wildman–Crippen MR) is 100 cm³/mol. The van der Waals surface area contributed by atoms with Gasteiger partial charge in [0.25, 0.3) is 0 Å². The van der Waals surface area contributed by atoms with Crippen LogP contribution < -0.4 is 11.1 Å². The molecular formula is C18H19ClFN3S. The van der Waals surface area contributed by atoms with E-state index in [1.54, 1.807) is 29.5 Å². The van der Waals surface area contributed by atoms with Crippen molar-refractivity contribution < 1.29 is 4.39 Å². The van der Waals surface area contributed by atoms with Crippen molar-refractivity contribution in [2.45, 2.75) is 32.9 Å². The van der Waals surface area contributed by atoms with Crippen molar-refractivity contribution in [2.75, 3.05) is 5.32 Å². The van der Waals surface area contributed by atoms with Gasteiger partial charge in [0.1, 0.15) is 11.0 Å². The minimum Gasteiger partial charge on any atom is -0.380 e. The van der Waals surface area contributed by atoms with Gasteiger partial charge in [-0.3, -0.25) is 0 Å². The summed E-state index contributed by atoms with van der Waals surface area (Å²) in [7, 11) is 0. The largest absolute Gasteiger partial charge is 0.380 e. The maximum atomic E-state index is 13.8. The highest BCUT2D eigenvalue weighted by molar-refractivity contribution is 7.19. The summed E-state index contributed by atoms with van der Waals surface area (Å²) in [5.41, 5.74) is 9.43. The van der Waals surface area contributed by atoms with Crippen LogP contribution in [0.5, 0.6) is 0 Å². The Labute approximate surface area is 149 Å². The van der Waals surface area contributed by atoms with Crippen molar-refractivity contribution in [1.82, 2.24) is 4.98 Å². The third-order valence-electron chi connectivity index (χ3n) is 3.87. The number of aromatic nitrogens is 1. The highest BCUT2D eigenvalue weighted by atomic mass is 35.5. The number of aryl methyl sites for hydroxylation is 1. The molecule has 0 aliphatic carbocycles. The van der Waals surface area contributed by atoms with Crippen LogP contribution in [0.1, 0.15) is 22.9 Å². The number of anilines is 1. The fraction of sp³-hybridized carbons (Fsp3) is 0.278. The van der Waals surface area contributed by atoms with Crippen molar-refractivity contribution in [3.63, 3.8) is 0 Å². The second kappa shape index (κ2) is 7.05. The lowest BCUT2D eigenvalue weighted by atomic mass is 10.1. The predicted octanol–water partition coefficient (Wildman–Crippen LogP) is 4.90. The van der Waals surface area contributed by atoms with Crippen molar-refractivity contribution in [2.24, 2.45) is 5.73 Å². The number of hydrogen-bond donors (Lipinski definition) is 2. The highest BCUT2D eigenvalue weighted by Crippen LogP contribution is 2.37. The smallest absolute Gasteiger partial charge is 0.131 e. The molecule has 3 rings (SSSR count). The Bertz CT molecular complexity index is 876. The summed E-state index contributed by atoms with van der Waals surface area (Å²) in [5, 5.41) is 3.72. The maximum absolute atomic E-state index is 13.8. The van der Waals surface area contributed by atoms with E-state index in [1.165, 1.54) is 10.9 Å². The van der Waals surface area contributed by atoms with Crippen molar-refractivity contribution in [3.8, 4) is 0 Å². The fourth-order valence-electron chi connectivity index (χ4n) is 2.64. The molecule has 0 spiro atoms. The lowest BCUT2D eigenvalue weighted by Gasteiger charge is -2.09. The number of hydrogen-bond acceptors (Lipinski definition) is 4. The minimum absolute atomic E-state index is 0.0852. The number of benzene rings is 1. The molecule has 0 unspecified atom stereocenters. The summed E-state index contributed by atoms with van der Waals surface area (Å²) in [4.78, 5) is 5.67. The van der Waals surface area contributed by atoms with Gasteiger partial charge in [-0.15, -0.1) is 11.3 Å². The molecule has 2 aromatic heterocycles. The molecule has 1 aromatic carbocycles. The number of nitrogens with one attached hydrogen (secondary N) is 1. The van der Waals surface area contributed by atoms with E-state index in [-0.39, 0.29) is 11.9 Å². The Morgan fingerprint density at radius 2 is 2.12 bits per heavy atom. The highest BCUT2D eigenvalue weighted by Gasteiger charge is 2.15. The van der Waals surface area contributed by atoms with Crippen LogP contribution in [0, 0.1) is 12.7 Å². The molecule has 126 valence electrons. The molecule has 0 aliphatic rings.